The molecule has 0 saturated carbocycles. The molecule has 1 atom stereocenters. The van der Waals surface area contributed by atoms with Crippen LogP contribution >= 0.6 is 0 Å². The number of carbonyl (C=O) groups is 3. The lowest BCUT2D eigenvalue weighted by molar-refractivity contribution is -0.166. The summed E-state index contributed by atoms with van der Waals surface area (Å²) in [4.78, 5) is 38.0. The highest BCUT2D eigenvalue weighted by molar-refractivity contribution is 5.71. The Labute approximate surface area is 412 Å². The fraction of sp³-hybridized carbons (Fsp3) is 0.656. The van der Waals surface area contributed by atoms with Crippen LogP contribution in [-0.4, -0.2) is 37.2 Å². The van der Waals surface area contributed by atoms with Crippen molar-refractivity contribution in [3.8, 4) is 0 Å². The second-order valence-corrected chi connectivity index (χ2v) is 17.8. The monoisotopic (exact) mass is 929 g/mol. The van der Waals surface area contributed by atoms with Crippen LogP contribution in [0.3, 0.4) is 0 Å². The number of rotatable bonds is 48. The van der Waals surface area contributed by atoms with Gasteiger partial charge in [-0.1, -0.05) is 233 Å². The highest BCUT2D eigenvalue weighted by Crippen LogP contribution is 2.15. The van der Waals surface area contributed by atoms with E-state index < -0.39 is 6.10 Å². The average Bonchev–Trinajstić information content (AvgIpc) is 3.33. The van der Waals surface area contributed by atoms with Gasteiger partial charge in [0.15, 0.2) is 6.10 Å². The third kappa shape index (κ3) is 52.9. The van der Waals surface area contributed by atoms with E-state index in [0.717, 1.165) is 83.5 Å². The second-order valence-electron chi connectivity index (χ2n) is 17.8. The van der Waals surface area contributed by atoms with Crippen LogP contribution in [0.15, 0.2) is 109 Å². The second kappa shape index (κ2) is 54.7. The van der Waals surface area contributed by atoms with Crippen molar-refractivity contribution in [2.75, 3.05) is 13.2 Å². The smallest absolute Gasteiger partial charge is 0.306 e. The summed E-state index contributed by atoms with van der Waals surface area (Å²) in [5.41, 5.74) is 0. The molecule has 0 unspecified atom stereocenters. The predicted octanol–water partition coefficient (Wildman–Crippen LogP) is 18.3. The van der Waals surface area contributed by atoms with Crippen molar-refractivity contribution in [2.24, 2.45) is 0 Å². The quantitative estimate of drug-likeness (QED) is 0.0262. The van der Waals surface area contributed by atoms with Crippen molar-refractivity contribution < 1.29 is 28.6 Å². The number of unbranched alkanes of at least 4 members (excludes halogenated alkanes) is 19. The average molecular weight is 929 g/mol. The molecule has 6 nitrogen and oxygen atoms in total. The van der Waals surface area contributed by atoms with E-state index in [1.807, 2.05) is 6.08 Å². The van der Waals surface area contributed by atoms with Crippen LogP contribution in [-0.2, 0) is 28.6 Å². The van der Waals surface area contributed by atoms with Crippen LogP contribution in [0, 0.1) is 0 Å². The van der Waals surface area contributed by atoms with E-state index in [0.29, 0.717) is 25.7 Å². The molecule has 0 heterocycles. The molecule has 0 bridgehead atoms. The molecule has 0 aliphatic heterocycles. The topological polar surface area (TPSA) is 78.9 Å². The SMILES string of the molecule is CC/C=C\C/C=C\C/C=C\C/C=C\CCCCC(=O)OC[C@H](COC(=O)CC/C=C\C/C=C\C/C=C\C/C=C\C/C=C\CCCCC)OC(=O)CCCCCCCCCCCCCCCCC. The molecule has 6 heteroatoms. The molecule has 0 spiro atoms. The zero-order chi connectivity index (χ0) is 48.6. The van der Waals surface area contributed by atoms with Crippen molar-refractivity contribution in [3.63, 3.8) is 0 Å². The molecule has 0 amide bonds. The molecule has 0 aliphatic carbocycles. The van der Waals surface area contributed by atoms with Crippen LogP contribution in [0.1, 0.15) is 239 Å². The van der Waals surface area contributed by atoms with Crippen LogP contribution < -0.4 is 0 Å². The van der Waals surface area contributed by atoms with E-state index in [-0.39, 0.29) is 37.5 Å². The lowest BCUT2D eigenvalue weighted by Gasteiger charge is -2.18. The zero-order valence-electron chi connectivity index (χ0n) is 43.4. The number of esters is 3. The standard InChI is InChI=1S/C61H100O6/c1-4-7-10-13-16-19-22-25-28-29-30-31-34-36-39-42-45-48-51-54-60(63)66-57-58(67-61(64)55-52-49-46-43-40-37-33-27-24-21-18-15-12-9-6-3)56-65-59(62)53-50-47-44-41-38-35-32-26-23-20-17-14-11-8-5-2/h8,11,16-17,19-20,25-26,28,30-32,36,38-39,41,45,48,58H,4-7,9-10,12-15,18,21-24,27,29,33-35,37,40,42-44,46-47,49-57H2,1-3H3/b11-8-,19-16-,20-17-,28-25-,31-30-,32-26-,39-36-,41-38-,48-45-/t58-/m1/s1. The van der Waals surface area contributed by atoms with Gasteiger partial charge in [-0.05, 0) is 96.3 Å². The van der Waals surface area contributed by atoms with E-state index in [1.165, 1.54) is 103 Å². The maximum atomic E-state index is 12.8. The Hall–Kier alpha value is -3.93. The fourth-order valence-electron chi connectivity index (χ4n) is 7.18. The van der Waals surface area contributed by atoms with E-state index in [4.69, 9.17) is 14.2 Å². The van der Waals surface area contributed by atoms with Gasteiger partial charge in [-0.3, -0.25) is 14.4 Å². The number of allylic oxidation sites excluding steroid dienone is 18. The molecule has 0 rings (SSSR count). The van der Waals surface area contributed by atoms with Crippen LogP contribution in [0.25, 0.3) is 0 Å². The highest BCUT2D eigenvalue weighted by atomic mass is 16.6. The van der Waals surface area contributed by atoms with Gasteiger partial charge in [0.2, 0.25) is 0 Å². The van der Waals surface area contributed by atoms with Gasteiger partial charge >= 0.3 is 17.9 Å². The Morgan fingerprint density at radius 3 is 1.03 bits per heavy atom. The first-order chi connectivity index (χ1) is 33.0. The third-order valence-corrected chi connectivity index (χ3v) is 11.3. The van der Waals surface area contributed by atoms with E-state index in [1.54, 1.807) is 0 Å². The van der Waals surface area contributed by atoms with Gasteiger partial charge in [0.1, 0.15) is 13.2 Å². The summed E-state index contributed by atoms with van der Waals surface area (Å²) < 4.78 is 16.7. The highest BCUT2D eigenvalue weighted by Gasteiger charge is 2.19. The Balaban J connectivity index is 4.56. The van der Waals surface area contributed by atoms with E-state index in [2.05, 4.69) is 124 Å². The summed E-state index contributed by atoms with van der Waals surface area (Å²) in [5.74, 6) is -1.04. The van der Waals surface area contributed by atoms with Crippen molar-refractivity contribution in [2.45, 2.75) is 245 Å². The third-order valence-electron chi connectivity index (χ3n) is 11.3. The van der Waals surface area contributed by atoms with Gasteiger partial charge in [0.05, 0.1) is 0 Å². The summed E-state index contributed by atoms with van der Waals surface area (Å²) in [6.07, 6.45) is 73.7. The first kappa shape index (κ1) is 63.1. The summed E-state index contributed by atoms with van der Waals surface area (Å²) in [6, 6.07) is 0. The normalized spacial score (nSPS) is 12.9. The van der Waals surface area contributed by atoms with E-state index >= 15 is 0 Å². The molecule has 0 aromatic rings. The Kier molecular flexibility index (Phi) is 51.5. The molecule has 0 aliphatic rings. The number of carbonyl (C=O) groups excluding carboxylic acids is 3. The number of hydrogen-bond acceptors (Lipinski definition) is 6. The van der Waals surface area contributed by atoms with Gasteiger partial charge in [0, 0.05) is 19.3 Å². The minimum atomic E-state index is -0.825. The molecule has 0 aromatic carbocycles. The van der Waals surface area contributed by atoms with Crippen molar-refractivity contribution in [1.82, 2.24) is 0 Å². The van der Waals surface area contributed by atoms with Gasteiger partial charge < -0.3 is 14.2 Å². The Bertz CT molecular complexity index is 1390. The first-order valence-corrected chi connectivity index (χ1v) is 27.4. The molecule has 0 saturated heterocycles. The summed E-state index contributed by atoms with van der Waals surface area (Å²) in [7, 11) is 0. The minimum absolute atomic E-state index is 0.122. The fourth-order valence-corrected chi connectivity index (χ4v) is 7.18. The maximum absolute atomic E-state index is 12.8. The molecular formula is C61H100O6. The molecule has 0 fully saturated rings. The molecule has 0 aromatic heterocycles. The lowest BCUT2D eigenvalue weighted by atomic mass is 10.0. The molecule has 0 N–H and O–H groups in total. The Morgan fingerprint density at radius 2 is 0.612 bits per heavy atom. The van der Waals surface area contributed by atoms with Crippen molar-refractivity contribution >= 4 is 17.9 Å². The predicted molar refractivity (Wildman–Crippen MR) is 288 cm³/mol. The first-order valence-electron chi connectivity index (χ1n) is 27.4. The largest absolute Gasteiger partial charge is 0.462 e. The van der Waals surface area contributed by atoms with Gasteiger partial charge in [0.25, 0.3) is 0 Å². The molecular weight excluding hydrogens is 829 g/mol. The minimum Gasteiger partial charge on any atom is -0.462 e. The molecule has 380 valence electrons. The summed E-state index contributed by atoms with van der Waals surface area (Å²) >= 11 is 0. The van der Waals surface area contributed by atoms with Gasteiger partial charge in [-0.25, -0.2) is 0 Å². The molecule has 0 radical (unpaired) electrons. The summed E-state index contributed by atoms with van der Waals surface area (Å²) in [6.45, 7) is 6.40. The number of hydrogen-bond donors (Lipinski definition) is 0. The van der Waals surface area contributed by atoms with Crippen LogP contribution in [0.5, 0.6) is 0 Å². The lowest BCUT2D eigenvalue weighted by Crippen LogP contribution is -2.30. The molecule has 67 heavy (non-hydrogen) atoms. The van der Waals surface area contributed by atoms with Crippen molar-refractivity contribution in [3.05, 3.63) is 109 Å². The van der Waals surface area contributed by atoms with Gasteiger partial charge in [-0.2, -0.15) is 0 Å². The maximum Gasteiger partial charge on any atom is 0.306 e. The zero-order valence-corrected chi connectivity index (χ0v) is 43.4. The Morgan fingerprint density at radius 1 is 0.313 bits per heavy atom. The van der Waals surface area contributed by atoms with E-state index in [9.17, 15) is 14.4 Å². The van der Waals surface area contributed by atoms with Crippen LogP contribution in [0.4, 0.5) is 0 Å². The number of ether oxygens (including phenoxy) is 3. The van der Waals surface area contributed by atoms with Crippen LogP contribution in [0.2, 0.25) is 0 Å². The van der Waals surface area contributed by atoms with Gasteiger partial charge in [-0.15, -0.1) is 0 Å². The summed E-state index contributed by atoms with van der Waals surface area (Å²) in [5, 5.41) is 0. The van der Waals surface area contributed by atoms with Crippen molar-refractivity contribution in [1.29, 1.82) is 0 Å².